The van der Waals surface area contributed by atoms with Gasteiger partial charge >= 0.3 is 0 Å². The van der Waals surface area contributed by atoms with E-state index in [2.05, 4.69) is 10.6 Å². The predicted octanol–water partition coefficient (Wildman–Crippen LogP) is 2.15. The van der Waals surface area contributed by atoms with Crippen molar-refractivity contribution in [3.8, 4) is 0 Å². The van der Waals surface area contributed by atoms with Gasteiger partial charge in [-0.25, -0.2) is 0 Å². The summed E-state index contributed by atoms with van der Waals surface area (Å²) in [5.74, 6) is -0.364. The van der Waals surface area contributed by atoms with Gasteiger partial charge in [-0.15, -0.1) is 0 Å². The normalized spacial score (nSPS) is 18.3. The zero-order valence-corrected chi connectivity index (χ0v) is 12.3. The molecule has 1 fully saturated rings. The van der Waals surface area contributed by atoms with Gasteiger partial charge in [-0.3, -0.25) is 9.59 Å². The number of rotatable bonds is 3. The van der Waals surface area contributed by atoms with Crippen LogP contribution in [0.4, 0.5) is 5.69 Å². The summed E-state index contributed by atoms with van der Waals surface area (Å²) in [6.07, 6.45) is 0.129. The van der Waals surface area contributed by atoms with E-state index in [1.54, 1.807) is 0 Å². The van der Waals surface area contributed by atoms with Crippen LogP contribution in [0.1, 0.15) is 17.5 Å². The summed E-state index contributed by atoms with van der Waals surface area (Å²) in [7, 11) is 0. The van der Waals surface area contributed by atoms with Gasteiger partial charge in [0.05, 0.1) is 5.25 Å². The second kappa shape index (κ2) is 5.71. The summed E-state index contributed by atoms with van der Waals surface area (Å²) >= 11 is 6.12. The van der Waals surface area contributed by atoms with Crippen LogP contribution in [0, 0.1) is 13.8 Å². The number of thioether (sulfide) groups is 1. The Kier molecular flexibility index (Phi) is 4.21. The lowest BCUT2D eigenvalue weighted by Crippen LogP contribution is -2.27. The molecule has 1 heterocycles. The predicted molar refractivity (Wildman–Crippen MR) is 81.3 cm³/mol. The van der Waals surface area contributed by atoms with Gasteiger partial charge in [0, 0.05) is 12.1 Å². The van der Waals surface area contributed by atoms with Crippen molar-refractivity contribution in [2.75, 3.05) is 5.32 Å². The molecule has 2 N–H and O–H groups in total. The highest BCUT2D eigenvalue weighted by Crippen LogP contribution is 2.23. The van der Waals surface area contributed by atoms with E-state index in [1.165, 1.54) is 11.8 Å². The van der Waals surface area contributed by atoms with E-state index >= 15 is 0 Å². The minimum Gasteiger partial charge on any atom is -0.326 e. The standard InChI is InChI=1S/C13H14N2O2S2/c1-7-4-3-5-9(8(7)2)14-11(16)6-10-12(17)15-13(18)19-10/h3-5,10H,6H2,1-2H3,(H,14,16)(H,15,17,18)/t10-/m1/s1. The highest BCUT2D eigenvalue weighted by atomic mass is 32.2. The molecule has 1 aliphatic heterocycles. The molecule has 0 aliphatic carbocycles. The van der Waals surface area contributed by atoms with Crippen LogP contribution in [0.5, 0.6) is 0 Å². The van der Waals surface area contributed by atoms with Crippen molar-refractivity contribution >= 4 is 45.8 Å². The third-order valence-electron chi connectivity index (χ3n) is 3.02. The van der Waals surface area contributed by atoms with Gasteiger partial charge in [0.2, 0.25) is 11.8 Å². The first-order chi connectivity index (χ1) is 8.97. The van der Waals surface area contributed by atoms with Crippen molar-refractivity contribution in [3.63, 3.8) is 0 Å². The molecule has 0 saturated carbocycles. The highest BCUT2D eigenvalue weighted by Gasteiger charge is 2.30. The number of nitrogens with one attached hydrogen (secondary N) is 2. The Bertz CT molecular complexity index is 558. The van der Waals surface area contributed by atoms with Crippen LogP contribution in [0.2, 0.25) is 0 Å². The van der Waals surface area contributed by atoms with Crippen LogP contribution in [0.25, 0.3) is 0 Å². The molecule has 0 aromatic heterocycles. The van der Waals surface area contributed by atoms with Crippen molar-refractivity contribution in [1.82, 2.24) is 5.32 Å². The number of carbonyl (C=O) groups excluding carboxylic acids is 2. The molecule has 0 radical (unpaired) electrons. The third kappa shape index (κ3) is 3.33. The van der Waals surface area contributed by atoms with Gasteiger partial charge in [0.1, 0.15) is 4.32 Å². The Labute approximate surface area is 121 Å². The average molecular weight is 294 g/mol. The summed E-state index contributed by atoms with van der Waals surface area (Å²) in [6.45, 7) is 3.95. The number of thiocarbonyl (C=S) groups is 1. The zero-order chi connectivity index (χ0) is 14.0. The molecule has 1 aromatic rings. The van der Waals surface area contributed by atoms with E-state index in [1.807, 2.05) is 32.0 Å². The summed E-state index contributed by atoms with van der Waals surface area (Å²) in [6, 6.07) is 5.74. The Hall–Kier alpha value is -1.40. The fraction of sp³-hybridized carbons (Fsp3) is 0.308. The lowest BCUT2D eigenvalue weighted by Gasteiger charge is -2.11. The third-order valence-corrected chi connectivity index (χ3v) is 4.39. The fourth-order valence-electron chi connectivity index (χ4n) is 1.78. The molecule has 1 atom stereocenters. The molecule has 1 saturated heterocycles. The molecule has 2 amide bonds. The number of anilines is 1. The van der Waals surface area contributed by atoms with E-state index < -0.39 is 5.25 Å². The Morgan fingerprint density at radius 3 is 2.84 bits per heavy atom. The molecular formula is C13H14N2O2S2. The van der Waals surface area contributed by atoms with Gasteiger partial charge < -0.3 is 10.6 Å². The lowest BCUT2D eigenvalue weighted by molar-refractivity contribution is -0.122. The van der Waals surface area contributed by atoms with E-state index in [9.17, 15) is 9.59 Å². The van der Waals surface area contributed by atoms with Crippen molar-refractivity contribution in [2.45, 2.75) is 25.5 Å². The van der Waals surface area contributed by atoms with Crippen LogP contribution in [-0.4, -0.2) is 21.4 Å². The zero-order valence-electron chi connectivity index (χ0n) is 10.6. The Morgan fingerprint density at radius 2 is 2.21 bits per heavy atom. The second-order valence-electron chi connectivity index (χ2n) is 4.38. The highest BCUT2D eigenvalue weighted by molar-refractivity contribution is 8.24. The van der Waals surface area contributed by atoms with Crippen molar-refractivity contribution in [2.24, 2.45) is 0 Å². The van der Waals surface area contributed by atoms with Gasteiger partial charge in [0.25, 0.3) is 0 Å². The van der Waals surface area contributed by atoms with Crippen molar-refractivity contribution in [3.05, 3.63) is 29.3 Å². The molecule has 1 aliphatic rings. The number of carbonyl (C=O) groups is 2. The SMILES string of the molecule is Cc1cccc(NC(=O)C[C@H]2SC(=S)NC2=O)c1C. The van der Waals surface area contributed by atoms with Crippen LogP contribution < -0.4 is 10.6 Å². The van der Waals surface area contributed by atoms with Gasteiger partial charge in [-0.2, -0.15) is 0 Å². The molecule has 4 nitrogen and oxygen atoms in total. The number of hydrogen-bond donors (Lipinski definition) is 2. The molecule has 0 bridgehead atoms. The van der Waals surface area contributed by atoms with E-state index in [-0.39, 0.29) is 18.2 Å². The van der Waals surface area contributed by atoms with Crippen LogP contribution in [0.3, 0.4) is 0 Å². The number of hydrogen-bond acceptors (Lipinski definition) is 4. The topological polar surface area (TPSA) is 58.2 Å². The van der Waals surface area contributed by atoms with Crippen LogP contribution in [0.15, 0.2) is 18.2 Å². The summed E-state index contributed by atoms with van der Waals surface area (Å²) in [4.78, 5) is 23.4. The maximum Gasteiger partial charge on any atom is 0.239 e. The molecular weight excluding hydrogens is 280 g/mol. The first kappa shape index (κ1) is 14.0. The fourth-order valence-corrected chi connectivity index (χ4v) is 3.05. The van der Waals surface area contributed by atoms with Gasteiger partial charge in [0.15, 0.2) is 0 Å². The van der Waals surface area contributed by atoms with Crippen LogP contribution in [-0.2, 0) is 9.59 Å². The van der Waals surface area contributed by atoms with E-state index in [0.717, 1.165) is 16.8 Å². The van der Waals surface area contributed by atoms with E-state index in [0.29, 0.717) is 4.32 Å². The molecule has 2 rings (SSSR count). The quantitative estimate of drug-likeness (QED) is 0.839. The van der Waals surface area contributed by atoms with Crippen LogP contribution >= 0.6 is 24.0 Å². The van der Waals surface area contributed by atoms with E-state index in [4.69, 9.17) is 12.2 Å². The average Bonchev–Trinajstić information content (AvgIpc) is 2.64. The Morgan fingerprint density at radius 1 is 1.47 bits per heavy atom. The smallest absolute Gasteiger partial charge is 0.239 e. The second-order valence-corrected chi connectivity index (χ2v) is 6.26. The monoisotopic (exact) mass is 294 g/mol. The maximum absolute atomic E-state index is 11.9. The molecule has 1 aromatic carbocycles. The van der Waals surface area contributed by atoms with Gasteiger partial charge in [-0.05, 0) is 31.0 Å². The molecule has 0 spiro atoms. The van der Waals surface area contributed by atoms with Crippen molar-refractivity contribution < 1.29 is 9.59 Å². The lowest BCUT2D eigenvalue weighted by atomic mass is 10.1. The maximum atomic E-state index is 11.9. The minimum atomic E-state index is -0.419. The minimum absolute atomic E-state index is 0.129. The summed E-state index contributed by atoms with van der Waals surface area (Å²) in [5, 5.41) is 4.95. The first-order valence-corrected chi connectivity index (χ1v) is 7.13. The summed E-state index contributed by atoms with van der Waals surface area (Å²) < 4.78 is 0.439. The molecule has 19 heavy (non-hydrogen) atoms. The number of aryl methyl sites for hydroxylation is 1. The Balaban J connectivity index is 2.00. The number of benzene rings is 1. The molecule has 0 unspecified atom stereocenters. The largest absolute Gasteiger partial charge is 0.326 e. The van der Waals surface area contributed by atoms with Gasteiger partial charge in [-0.1, -0.05) is 36.1 Å². The molecule has 6 heteroatoms. The first-order valence-electron chi connectivity index (χ1n) is 5.85. The van der Waals surface area contributed by atoms with Crippen molar-refractivity contribution in [1.29, 1.82) is 0 Å². The summed E-state index contributed by atoms with van der Waals surface area (Å²) in [5.41, 5.74) is 2.94. The number of amides is 2. The molecule has 100 valence electrons.